The Kier molecular flexibility index (Phi) is 4.74. The van der Waals surface area contributed by atoms with Crippen molar-refractivity contribution in [2.45, 2.75) is 26.9 Å². The largest absolute Gasteiger partial charge is 0.461 e. The highest BCUT2D eigenvalue weighted by Crippen LogP contribution is 2.26. The lowest BCUT2D eigenvalue weighted by Gasteiger charge is -2.11. The van der Waals surface area contributed by atoms with Crippen molar-refractivity contribution >= 4 is 17.5 Å². The van der Waals surface area contributed by atoms with Crippen LogP contribution in [0.1, 0.15) is 20.8 Å². The lowest BCUT2D eigenvalue weighted by Crippen LogP contribution is -2.12. The van der Waals surface area contributed by atoms with E-state index in [9.17, 15) is 0 Å². The zero-order valence-corrected chi connectivity index (χ0v) is 12.5. The first kappa shape index (κ1) is 14.5. The van der Waals surface area contributed by atoms with E-state index in [1.165, 1.54) is 0 Å². The van der Waals surface area contributed by atoms with Gasteiger partial charge >= 0.3 is 6.01 Å². The van der Waals surface area contributed by atoms with Crippen LogP contribution in [0.3, 0.4) is 0 Å². The Hall–Kier alpha value is -1.88. The number of ether oxygens (including phenoxy) is 1. The van der Waals surface area contributed by atoms with E-state index in [4.69, 9.17) is 16.3 Å². The van der Waals surface area contributed by atoms with Crippen molar-refractivity contribution in [3.05, 3.63) is 29.3 Å². The van der Waals surface area contributed by atoms with Crippen molar-refractivity contribution < 1.29 is 4.74 Å². The van der Waals surface area contributed by atoms with Crippen LogP contribution < -0.4 is 10.1 Å². The summed E-state index contributed by atoms with van der Waals surface area (Å²) < 4.78 is 5.56. The van der Waals surface area contributed by atoms with Crippen molar-refractivity contribution in [2.75, 3.05) is 11.9 Å². The maximum absolute atomic E-state index is 6.18. The van der Waals surface area contributed by atoms with Gasteiger partial charge in [0.1, 0.15) is 0 Å². The van der Waals surface area contributed by atoms with Gasteiger partial charge < -0.3 is 10.1 Å². The Labute approximate surface area is 123 Å². The van der Waals surface area contributed by atoms with Crippen LogP contribution in [0, 0.1) is 0 Å². The van der Waals surface area contributed by atoms with Gasteiger partial charge in [0.15, 0.2) is 5.82 Å². The molecule has 0 unspecified atom stereocenters. The summed E-state index contributed by atoms with van der Waals surface area (Å²) in [7, 11) is 0. The molecule has 0 fully saturated rings. The van der Waals surface area contributed by atoms with Gasteiger partial charge in [-0.25, -0.2) is 0 Å². The minimum Gasteiger partial charge on any atom is -0.461 e. The Morgan fingerprint density at radius 3 is 2.60 bits per heavy atom. The highest BCUT2D eigenvalue weighted by Gasteiger charge is 2.12. The second-order valence-corrected chi connectivity index (χ2v) is 4.85. The number of rotatable bonds is 5. The number of nitrogens with one attached hydrogen (secondary N) is 1. The maximum atomic E-state index is 6.18. The second-order valence-electron chi connectivity index (χ2n) is 4.44. The van der Waals surface area contributed by atoms with Gasteiger partial charge in [-0.1, -0.05) is 23.7 Å². The first-order valence-electron chi connectivity index (χ1n) is 6.51. The van der Waals surface area contributed by atoms with Crippen LogP contribution in [-0.2, 0) is 0 Å². The van der Waals surface area contributed by atoms with Crippen LogP contribution in [0.4, 0.5) is 5.95 Å². The number of benzene rings is 1. The molecule has 0 aliphatic carbocycles. The summed E-state index contributed by atoms with van der Waals surface area (Å²) in [6.45, 7) is 6.53. The third kappa shape index (κ3) is 3.57. The molecule has 0 bridgehead atoms. The topological polar surface area (TPSA) is 59.9 Å². The van der Waals surface area contributed by atoms with Crippen molar-refractivity contribution in [1.29, 1.82) is 0 Å². The van der Waals surface area contributed by atoms with Gasteiger partial charge in [-0.2, -0.15) is 15.0 Å². The summed E-state index contributed by atoms with van der Waals surface area (Å²) in [6.07, 6.45) is -0.00836. The van der Waals surface area contributed by atoms with Gasteiger partial charge in [0.25, 0.3) is 0 Å². The normalized spacial score (nSPS) is 10.7. The number of hydrogen-bond acceptors (Lipinski definition) is 5. The summed E-state index contributed by atoms with van der Waals surface area (Å²) in [5.41, 5.74) is 0.754. The summed E-state index contributed by atoms with van der Waals surface area (Å²) >= 11 is 6.18. The van der Waals surface area contributed by atoms with Crippen molar-refractivity contribution in [3.63, 3.8) is 0 Å². The summed E-state index contributed by atoms with van der Waals surface area (Å²) in [5, 5.41) is 3.66. The Bertz CT molecular complexity index is 589. The molecule has 0 aliphatic heterocycles. The van der Waals surface area contributed by atoms with Crippen LogP contribution in [0.2, 0.25) is 5.02 Å². The van der Waals surface area contributed by atoms with E-state index in [2.05, 4.69) is 20.3 Å². The molecule has 20 heavy (non-hydrogen) atoms. The summed E-state index contributed by atoms with van der Waals surface area (Å²) in [6, 6.07) is 7.72. The molecule has 0 spiro atoms. The van der Waals surface area contributed by atoms with Gasteiger partial charge in [-0.05, 0) is 32.9 Å². The number of aromatic nitrogens is 3. The fraction of sp³-hybridized carbons (Fsp3) is 0.357. The second kappa shape index (κ2) is 6.52. The molecule has 2 aromatic rings. The summed E-state index contributed by atoms with van der Waals surface area (Å²) in [4.78, 5) is 12.9. The van der Waals surface area contributed by atoms with Crippen LogP contribution >= 0.6 is 11.6 Å². The Balaban J connectivity index is 2.46. The minimum absolute atomic E-state index is 0.00836. The smallest absolute Gasteiger partial charge is 0.322 e. The lowest BCUT2D eigenvalue weighted by molar-refractivity contribution is 0.222. The Morgan fingerprint density at radius 1 is 1.20 bits per heavy atom. The monoisotopic (exact) mass is 292 g/mol. The van der Waals surface area contributed by atoms with Crippen molar-refractivity contribution in [2.24, 2.45) is 0 Å². The van der Waals surface area contributed by atoms with Crippen LogP contribution in [0.5, 0.6) is 6.01 Å². The quantitative estimate of drug-likeness (QED) is 0.915. The first-order valence-corrected chi connectivity index (χ1v) is 6.89. The molecule has 1 aromatic carbocycles. The van der Waals surface area contributed by atoms with Crippen LogP contribution in [-0.4, -0.2) is 27.6 Å². The third-order valence-electron chi connectivity index (χ3n) is 2.41. The van der Waals surface area contributed by atoms with E-state index in [0.717, 1.165) is 5.56 Å². The van der Waals surface area contributed by atoms with Gasteiger partial charge in [-0.3, -0.25) is 0 Å². The molecule has 1 aromatic heterocycles. The standard InChI is InChI=1S/C14H17ClN4O/c1-4-16-13-17-12(10-7-5-6-8-11(10)15)18-14(19-13)20-9(2)3/h5-9H,4H2,1-3H3,(H,16,17,18,19). The Morgan fingerprint density at radius 2 is 1.95 bits per heavy atom. The molecule has 106 valence electrons. The molecule has 2 rings (SSSR count). The fourth-order valence-corrected chi connectivity index (χ4v) is 1.84. The average Bonchev–Trinajstić information content (AvgIpc) is 2.38. The third-order valence-corrected chi connectivity index (χ3v) is 2.74. The van der Waals surface area contributed by atoms with E-state index < -0.39 is 0 Å². The summed E-state index contributed by atoms with van der Waals surface area (Å²) in [5.74, 6) is 0.977. The highest BCUT2D eigenvalue weighted by molar-refractivity contribution is 6.33. The molecule has 0 aliphatic rings. The van der Waals surface area contributed by atoms with Crippen molar-refractivity contribution in [3.8, 4) is 17.4 Å². The van der Waals surface area contributed by atoms with E-state index in [-0.39, 0.29) is 6.10 Å². The average molecular weight is 293 g/mol. The lowest BCUT2D eigenvalue weighted by atomic mass is 10.2. The molecule has 5 nitrogen and oxygen atoms in total. The van der Waals surface area contributed by atoms with Gasteiger partial charge in [0, 0.05) is 12.1 Å². The molecule has 0 amide bonds. The van der Waals surface area contributed by atoms with Crippen LogP contribution in [0.25, 0.3) is 11.4 Å². The van der Waals surface area contributed by atoms with Crippen LogP contribution in [0.15, 0.2) is 24.3 Å². The predicted molar refractivity (Wildman–Crippen MR) is 80.2 cm³/mol. The van der Waals surface area contributed by atoms with E-state index >= 15 is 0 Å². The molecule has 1 heterocycles. The number of nitrogens with zero attached hydrogens (tertiary/aromatic N) is 3. The first-order chi connectivity index (χ1) is 9.60. The molecular weight excluding hydrogens is 276 g/mol. The number of anilines is 1. The zero-order chi connectivity index (χ0) is 14.5. The molecule has 0 atom stereocenters. The SMILES string of the molecule is CCNc1nc(OC(C)C)nc(-c2ccccc2Cl)n1. The number of hydrogen-bond donors (Lipinski definition) is 1. The molecule has 0 radical (unpaired) electrons. The zero-order valence-electron chi connectivity index (χ0n) is 11.7. The molecule has 0 saturated heterocycles. The van der Waals surface area contributed by atoms with Gasteiger partial charge in [-0.15, -0.1) is 0 Å². The molecule has 0 saturated carbocycles. The number of halogens is 1. The maximum Gasteiger partial charge on any atom is 0.322 e. The molecule has 6 heteroatoms. The van der Waals surface area contributed by atoms with E-state index in [1.807, 2.05) is 39.0 Å². The van der Waals surface area contributed by atoms with Crippen molar-refractivity contribution in [1.82, 2.24) is 15.0 Å². The minimum atomic E-state index is -0.00836. The van der Waals surface area contributed by atoms with Gasteiger partial charge in [0.05, 0.1) is 11.1 Å². The van der Waals surface area contributed by atoms with E-state index in [1.54, 1.807) is 6.07 Å². The van der Waals surface area contributed by atoms with Gasteiger partial charge in [0.2, 0.25) is 5.95 Å². The molecule has 1 N–H and O–H groups in total. The predicted octanol–water partition coefficient (Wildman–Crippen LogP) is 3.41. The fourth-order valence-electron chi connectivity index (χ4n) is 1.62. The molecular formula is C14H17ClN4O. The van der Waals surface area contributed by atoms with E-state index in [0.29, 0.717) is 29.4 Å². The highest BCUT2D eigenvalue weighted by atomic mass is 35.5.